The van der Waals surface area contributed by atoms with E-state index in [1.54, 1.807) is 0 Å². The van der Waals surface area contributed by atoms with Gasteiger partial charge >= 0.3 is 0 Å². The first-order valence-electron chi connectivity index (χ1n) is 7.93. The predicted octanol–water partition coefficient (Wildman–Crippen LogP) is 2.77. The van der Waals surface area contributed by atoms with Crippen molar-refractivity contribution < 1.29 is 0 Å². The van der Waals surface area contributed by atoms with Gasteiger partial charge in [-0.2, -0.15) is 0 Å². The molecule has 0 aromatic carbocycles. The van der Waals surface area contributed by atoms with Crippen molar-refractivity contribution >= 4 is 0 Å². The number of aromatic nitrogens is 2. The van der Waals surface area contributed by atoms with E-state index in [0.29, 0.717) is 5.92 Å². The minimum Gasteiger partial charge on any atom is -0.331 e. The van der Waals surface area contributed by atoms with Crippen molar-refractivity contribution in [2.45, 2.75) is 59.5 Å². The lowest BCUT2D eigenvalue weighted by atomic mass is 10.1. The third kappa shape index (κ3) is 2.86. The summed E-state index contributed by atoms with van der Waals surface area (Å²) in [4.78, 5) is 4.92. The molecular formula is C16H27N3. The Balaban J connectivity index is 1.86. The molecule has 1 aliphatic heterocycles. The van der Waals surface area contributed by atoms with E-state index in [-0.39, 0.29) is 0 Å². The SMILES string of the molecule is CC(C)Cc1nc2c(n1CC(C)C1CC1)CCNC2. The largest absolute Gasteiger partial charge is 0.331 e. The van der Waals surface area contributed by atoms with Crippen LogP contribution in [0.2, 0.25) is 0 Å². The predicted molar refractivity (Wildman–Crippen MR) is 78.1 cm³/mol. The first-order chi connectivity index (χ1) is 9.15. The maximum Gasteiger partial charge on any atom is 0.109 e. The standard InChI is InChI=1S/C16H27N3/c1-11(2)8-16-18-14-9-17-7-6-15(14)19(16)10-12(3)13-4-5-13/h11-13,17H,4-10H2,1-3H3. The molecule has 1 atom stereocenters. The number of hydrogen-bond acceptors (Lipinski definition) is 2. The number of hydrogen-bond donors (Lipinski definition) is 1. The molecule has 2 aliphatic rings. The van der Waals surface area contributed by atoms with Crippen molar-refractivity contribution in [3.63, 3.8) is 0 Å². The molecule has 1 aromatic rings. The summed E-state index contributed by atoms with van der Waals surface area (Å²) in [7, 11) is 0. The normalized spacial score (nSPS) is 20.6. The summed E-state index contributed by atoms with van der Waals surface area (Å²) < 4.78 is 2.57. The van der Waals surface area contributed by atoms with Crippen LogP contribution < -0.4 is 5.32 Å². The molecule has 1 aliphatic carbocycles. The molecule has 19 heavy (non-hydrogen) atoms. The molecule has 106 valence electrons. The zero-order chi connectivity index (χ0) is 13.4. The fourth-order valence-electron chi connectivity index (χ4n) is 3.27. The van der Waals surface area contributed by atoms with E-state index in [1.165, 1.54) is 36.6 Å². The Morgan fingerprint density at radius 2 is 2.11 bits per heavy atom. The van der Waals surface area contributed by atoms with Gasteiger partial charge in [0.1, 0.15) is 5.82 Å². The summed E-state index contributed by atoms with van der Waals surface area (Å²) in [5.41, 5.74) is 2.83. The van der Waals surface area contributed by atoms with E-state index < -0.39 is 0 Å². The summed E-state index contributed by atoms with van der Waals surface area (Å²) >= 11 is 0. The van der Waals surface area contributed by atoms with E-state index in [4.69, 9.17) is 4.98 Å². The van der Waals surface area contributed by atoms with Gasteiger partial charge in [-0.1, -0.05) is 20.8 Å². The van der Waals surface area contributed by atoms with Crippen LogP contribution in [0.1, 0.15) is 50.8 Å². The van der Waals surface area contributed by atoms with Gasteiger partial charge in [-0.05, 0) is 30.6 Å². The highest BCUT2D eigenvalue weighted by molar-refractivity contribution is 5.21. The second-order valence-corrected chi connectivity index (χ2v) is 6.87. The second kappa shape index (κ2) is 5.28. The minimum absolute atomic E-state index is 0.687. The van der Waals surface area contributed by atoms with Crippen LogP contribution >= 0.6 is 0 Å². The van der Waals surface area contributed by atoms with E-state index >= 15 is 0 Å². The Kier molecular flexibility index (Phi) is 3.66. The Morgan fingerprint density at radius 3 is 2.79 bits per heavy atom. The number of nitrogens with one attached hydrogen (secondary N) is 1. The van der Waals surface area contributed by atoms with Crippen LogP contribution in [-0.2, 0) is 25.9 Å². The summed E-state index contributed by atoms with van der Waals surface area (Å²) in [6, 6.07) is 0. The molecule has 0 radical (unpaired) electrons. The molecule has 0 saturated heterocycles. The first-order valence-corrected chi connectivity index (χ1v) is 7.93. The molecule has 1 saturated carbocycles. The molecule has 1 aromatic heterocycles. The number of imidazole rings is 1. The highest BCUT2D eigenvalue weighted by atomic mass is 15.1. The van der Waals surface area contributed by atoms with Gasteiger partial charge in [0.2, 0.25) is 0 Å². The van der Waals surface area contributed by atoms with Gasteiger partial charge in [-0.25, -0.2) is 4.98 Å². The summed E-state index contributed by atoms with van der Waals surface area (Å²) in [6.45, 7) is 10.3. The molecule has 1 unspecified atom stereocenters. The second-order valence-electron chi connectivity index (χ2n) is 6.87. The number of rotatable bonds is 5. The maximum atomic E-state index is 4.92. The van der Waals surface area contributed by atoms with E-state index in [2.05, 4.69) is 30.7 Å². The molecule has 0 bridgehead atoms. The zero-order valence-electron chi connectivity index (χ0n) is 12.6. The van der Waals surface area contributed by atoms with E-state index in [9.17, 15) is 0 Å². The summed E-state index contributed by atoms with van der Waals surface area (Å²) in [6.07, 6.45) is 5.15. The minimum atomic E-state index is 0.687. The first kappa shape index (κ1) is 13.2. The van der Waals surface area contributed by atoms with Crippen LogP contribution in [0.3, 0.4) is 0 Å². The van der Waals surface area contributed by atoms with Gasteiger partial charge in [-0.15, -0.1) is 0 Å². The Hall–Kier alpha value is -0.830. The third-order valence-corrected chi connectivity index (χ3v) is 4.55. The van der Waals surface area contributed by atoms with Gasteiger partial charge in [0.15, 0.2) is 0 Å². The molecule has 1 N–H and O–H groups in total. The maximum absolute atomic E-state index is 4.92. The third-order valence-electron chi connectivity index (χ3n) is 4.55. The van der Waals surface area contributed by atoms with Gasteiger partial charge in [0.25, 0.3) is 0 Å². The van der Waals surface area contributed by atoms with Crippen LogP contribution in [0.25, 0.3) is 0 Å². The summed E-state index contributed by atoms with van der Waals surface area (Å²) in [5, 5.41) is 3.45. The van der Waals surface area contributed by atoms with E-state index in [0.717, 1.165) is 37.8 Å². The van der Waals surface area contributed by atoms with Crippen LogP contribution in [0, 0.1) is 17.8 Å². The van der Waals surface area contributed by atoms with Gasteiger partial charge in [-0.3, -0.25) is 0 Å². The molecule has 0 amide bonds. The van der Waals surface area contributed by atoms with Crippen molar-refractivity contribution in [2.24, 2.45) is 17.8 Å². The number of fused-ring (bicyclic) bond motifs is 1. The lowest BCUT2D eigenvalue weighted by Gasteiger charge is -2.19. The van der Waals surface area contributed by atoms with Crippen LogP contribution in [0.15, 0.2) is 0 Å². The molecule has 1 fully saturated rings. The van der Waals surface area contributed by atoms with Crippen molar-refractivity contribution in [3.05, 3.63) is 17.2 Å². The van der Waals surface area contributed by atoms with Crippen LogP contribution in [0.4, 0.5) is 0 Å². The lowest BCUT2D eigenvalue weighted by molar-refractivity contribution is 0.406. The molecule has 2 heterocycles. The quantitative estimate of drug-likeness (QED) is 0.883. The molecule has 3 nitrogen and oxygen atoms in total. The monoisotopic (exact) mass is 261 g/mol. The molecule has 0 spiro atoms. The topological polar surface area (TPSA) is 29.9 Å². The number of nitrogens with zero attached hydrogens (tertiary/aromatic N) is 2. The highest BCUT2D eigenvalue weighted by Gasteiger charge is 2.30. The van der Waals surface area contributed by atoms with Crippen LogP contribution in [-0.4, -0.2) is 16.1 Å². The molecule has 3 heteroatoms. The van der Waals surface area contributed by atoms with Crippen molar-refractivity contribution in [1.29, 1.82) is 0 Å². The van der Waals surface area contributed by atoms with Gasteiger partial charge in [0.05, 0.1) is 5.69 Å². The van der Waals surface area contributed by atoms with Gasteiger partial charge < -0.3 is 9.88 Å². The summed E-state index contributed by atoms with van der Waals surface area (Å²) in [5.74, 6) is 3.81. The molecular weight excluding hydrogens is 234 g/mol. The lowest BCUT2D eigenvalue weighted by Crippen LogP contribution is -2.26. The highest BCUT2D eigenvalue weighted by Crippen LogP contribution is 2.38. The average molecular weight is 261 g/mol. The van der Waals surface area contributed by atoms with Crippen molar-refractivity contribution in [1.82, 2.24) is 14.9 Å². The fourth-order valence-corrected chi connectivity index (χ4v) is 3.27. The van der Waals surface area contributed by atoms with Crippen molar-refractivity contribution in [2.75, 3.05) is 6.54 Å². The van der Waals surface area contributed by atoms with Gasteiger partial charge in [0, 0.05) is 38.2 Å². The fraction of sp³-hybridized carbons (Fsp3) is 0.812. The Labute approximate surface area is 116 Å². The Bertz CT molecular complexity index is 443. The smallest absolute Gasteiger partial charge is 0.109 e. The van der Waals surface area contributed by atoms with Crippen LogP contribution in [0.5, 0.6) is 0 Å². The van der Waals surface area contributed by atoms with E-state index in [1.807, 2.05) is 0 Å². The average Bonchev–Trinajstić information content (AvgIpc) is 3.15. The molecule has 3 rings (SSSR count). The van der Waals surface area contributed by atoms with Crippen molar-refractivity contribution in [3.8, 4) is 0 Å². The Morgan fingerprint density at radius 1 is 1.32 bits per heavy atom. The zero-order valence-corrected chi connectivity index (χ0v) is 12.6.